The number of hydrogen-bond donors (Lipinski definition) is 0. The second-order valence-electron chi connectivity index (χ2n) is 10.8. The quantitative estimate of drug-likeness (QED) is 0.176. The molecule has 0 unspecified atom stereocenters. The minimum atomic E-state index is 0. The van der Waals surface area contributed by atoms with E-state index in [4.69, 9.17) is 10.6 Å². The molecule has 0 aliphatic carbocycles. The second-order valence-corrected chi connectivity index (χ2v) is 10.8. The fourth-order valence-corrected chi connectivity index (χ4v) is 6.11. The molecule has 6 rings (SSSR count). The molecule has 0 fully saturated rings. The van der Waals surface area contributed by atoms with Crippen LogP contribution in [0.4, 0.5) is 0 Å². The Balaban J connectivity index is 0.00000337. The molecular formula is C36H32N4Ni. The van der Waals surface area contributed by atoms with E-state index in [1.165, 1.54) is 44.5 Å². The number of allylic oxidation sites excluding steroid dienone is 2. The molecule has 4 aromatic rings. The van der Waals surface area contributed by atoms with Crippen molar-refractivity contribution in [2.75, 3.05) is 0 Å². The molecule has 0 atom stereocenters. The van der Waals surface area contributed by atoms with Crippen LogP contribution in [0.25, 0.3) is 21.8 Å². The topological polar surface area (TPSA) is 56.4 Å². The first kappa shape index (κ1) is 28.3. The number of aromatic nitrogens is 2. The van der Waals surface area contributed by atoms with Gasteiger partial charge in [0.15, 0.2) is 0 Å². The van der Waals surface area contributed by atoms with Crippen molar-refractivity contribution in [3.63, 3.8) is 0 Å². The van der Waals surface area contributed by atoms with Gasteiger partial charge in [-0.3, -0.25) is 0 Å². The van der Waals surface area contributed by atoms with Crippen LogP contribution in [0.3, 0.4) is 0 Å². The van der Waals surface area contributed by atoms with Gasteiger partial charge in [0.2, 0.25) is 0 Å². The Morgan fingerprint density at radius 2 is 0.927 bits per heavy atom. The molecule has 2 aromatic heterocycles. The summed E-state index contributed by atoms with van der Waals surface area (Å²) >= 11 is 0. The van der Waals surface area contributed by atoms with E-state index in [0.29, 0.717) is 0 Å². The van der Waals surface area contributed by atoms with E-state index < -0.39 is 0 Å². The Bertz CT molecular complexity index is 1520. The molecule has 5 heteroatoms. The number of aryl methyl sites for hydroxylation is 6. The monoisotopic (exact) mass is 578 g/mol. The summed E-state index contributed by atoms with van der Waals surface area (Å²) < 4.78 is 0. The van der Waals surface area contributed by atoms with Crippen LogP contribution in [-0.2, 0) is 16.5 Å². The fourth-order valence-electron chi connectivity index (χ4n) is 6.11. The van der Waals surface area contributed by atoms with E-state index in [2.05, 4.69) is 112 Å². The number of hydrogen-bond acceptors (Lipinski definition) is 0. The molecule has 41 heavy (non-hydrogen) atoms. The normalized spacial score (nSPS) is 16.5. The molecule has 0 N–H and O–H groups in total. The zero-order chi connectivity index (χ0) is 28.0. The maximum Gasteiger partial charge on any atom is 2.00 e. The summed E-state index contributed by atoms with van der Waals surface area (Å²) in [5, 5.41) is 10.2. The van der Waals surface area contributed by atoms with Crippen LogP contribution in [0.1, 0.15) is 55.9 Å². The van der Waals surface area contributed by atoms with Crippen LogP contribution < -0.4 is 9.97 Å². The van der Waals surface area contributed by atoms with Gasteiger partial charge in [0.25, 0.3) is 0 Å². The van der Waals surface area contributed by atoms with Crippen molar-refractivity contribution in [1.29, 1.82) is 0 Å². The Kier molecular flexibility index (Phi) is 7.84. The Morgan fingerprint density at radius 1 is 0.561 bits per heavy atom. The van der Waals surface area contributed by atoms with E-state index in [0.717, 1.165) is 46.0 Å². The van der Waals surface area contributed by atoms with E-state index in [1.54, 1.807) is 0 Å². The van der Waals surface area contributed by atoms with Crippen LogP contribution >= 0.6 is 0 Å². The Labute approximate surface area is 253 Å². The van der Waals surface area contributed by atoms with E-state index in [9.17, 15) is 0 Å². The zero-order valence-corrected chi connectivity index (χ0v) is 25.2. The number of rotatable bonds is 5. The van der Waals surface area contributed by atoms with Crippen LogP contribution in [0, 0.1) is 53.6 Å². The minimum absolute atomic E-state index is 0. The third kappa shape index (κ3) is 5.30. The SMILES string of the molecule is Cc1cc(C)c(/C(=C2\C=C[C+]([C+]3C=C/C(=C(/c4ccc[n-]4)c4c(C)cc(C)cc4C)[N-]3)[N-]2)c2ccc[n-]2)c(C)c1.[Ni+2]. The minimum Gasteiger partial charge on any atom is -0.664 e. The maximum absolute atomic E-state index is 5.11. The zero-order valence-electron chi connectivity index (χ0n) is 24.2. The van der Waals surface area contributed by atoms with E-state index in [1.807, 2.05) is 24.5 Å². The molecule has 2 aromatic carbocycles. The van der Waals surface area contributed by atoms with Crippen molar-refractivity contribution in [2.45, 2.75) is 41.5 Å². The van der Waals surface area contributed by atoms with Crippen molar-refractivity contribution < 1.29 is 16.5 Å². The largest absolute Gasteiger partial charge is 2.00 e. The maximum atomic E-state index is 5.11. The fraction of sp³-hybridized carbons (Fsp3) is 0.167. The summed E-state index contributed by atoms with van der Waals surface area (Å²) in [6.45, 7) is 12.9. The van der Waals surface area contributed by atoms with Gasteiger partial charge in [-0.25, -0.2) is 0 Å². The van der Waals surface area contributed by atoms with Gasteiger partial charge in [-0.15, -0.1) is 11.4 Å². The summed E-state index contributed by atoms with van der Waals surface area (Å²) in [6.07, 6.45) is 12.0. The van der Waals surface area contributed by atoms with Gasteiger partial charge in [0.1, 0.15) is 12.2 Å². The van der Waals surface area contributed by atoms with E-state index in [-0.39, 0.29) is 16.5 Å². The van der Waals surface area contributed by atoms with Crippen molar-refractivity contribution in [3.8, 4) is 0 Å². The summed E-state index contributed by atoms with van der Waals surface area (Å²) in [5.41, 5.74) is 15.5. The third-order valence-electron chi connectivity index (χ3n) is 7.53. The van der Waals surface area contributed by atoms with Gasteiger partial charge in [-0.2, -0.15) is 12.4 Å². The first-order chi connectivity index (χ1) is 19.3. The molecule has 0 saturated heterocycles. The first-order valence-electron chi connectivity index (χ1n) is 13.6. The average Bonchev–Trinajstić information content (AvgIpc) is 3.72. The standard InChI is InChI=1S/C36H32N4.Ni/c1-21-17-23(3)33(24(4)18-21)35(29-9-7-15-37-29)31-13-11-27(39-31)28-12-14-32(40-28)36(30-10-8-16-38-30)34-25(5)19-22(2)20-26(34)6;/h7-20H,1-6H3;/q-2;+2/b35-31+,36-32+;. The molecule has 2 aliphatic heterocycles. The summed E-state index contributed by atoms with van der Waals surface area (Å²) in [4.78, 5) is 9.33. The Hall–Kier alpha value is -4.21. The van der Waals surface area contributed by atoms with Crippen LogP contribution in [0.15, 0.2) is 96.6 Å². The van der Waals surface area contributed by atoms with Gasteiger partial charge < -0.3 is 20.6 Å². The summed E-state index contributed by atoms with van der Waals surface area (Å²) in [7, 11) is 0. The average molecular weight is 579 g/mol. The summed E-state index contributed by atoms with van der Waals surface area (Å²) in [5.74, 6) is 0. The first-order valence-corrected chi connectivity index (χ1v) is 13.6. The molecule has 0 bridgehead atoms. The van der Waals surface area contributed by atoms with Gasteiger partial charge in [-0.1, -0.05) is 59.7 Å². The van der Waals surface area contributed by atoms with Crippen LogP contribution in [0.5, 0.6) is 0 Å². The molecule has 0 amide bonds. The van der Waals surface area contributed by atoms with Gasteiger partial charge >= 0.3 is 16.5 Å². The third-order valence-corrected chi connectivity index (χ3v) is 7.53. The van der Waals surface area contributed by atoms with E-state index >= 15 is 0 Å². The van der Waals surface area contributed by atoms with Gasteiger partial charge in [0.05, 0.1) is 24.2 Å². The molecule has 2 aliphatic rings. The smallest absolute Gasteiger partial charge is 0.664 e. The predicted octanol–water partition coefficient (Wildman–Crippen LogP) is 8.62. The van der Waals surface area contributed by atoms with Crippen LogP contribution in [0.2, 0.25) is 0 Å². The summed E-state index contributed by atoms with van der Waals surface area (Å²) in [6, 6.07) is 18.7. The van der Waals surface area contributed by atoms with Crippen molar-refractivity contribution >= 4 is 11.1 Å². The molecule has 206 valence electrons. The van der Waals surface area contributed by atoms with Crippen LogP contribution in [-0.4, -0.2) is 0 Å². The molecule has 4 nitrogen and oxygen atoms in total. The second kappa shape index (κ2) is 11.3. The molecule has 0 spiro atoms. The number of nitrogens with zero attached hydrogens (tertiary/aromatic N) is 4. The van der Waals surface area contributed by atoms with Gasteiger partial charge in [-0.05, 0) is 97.5 Å². The van der Waals surface area contributed by atoms with Crippen molar-refractivity contribution in [2.24, 2.45) is 0 Å². The molecule has 0 saturated carbocycles. The number of benzene rings is 2. The molecule has 0 radical (unpaired) electrons. The predicted molar refractivity (Wildman–Crippen MR) is 164 cm³/mol. The molecule has 4 heterocycles. The van der Waals surface area contributed by atoms with Gasteiger partial charge in [0, 0.05) is 0 Å². The molecular weight excluding hydrogens is 547 g/mol. The Morgan fingerprint density at radius 3 is 1.24 bits per heavy atom. The van der Waals surface area contributed by atoms with Crippen molar-refractivity contribution in [1.82, 2.24) is 9.97 Å². The van der Waals surface area contributed by atoms with Crippen molar-refractivity contribution in [3.05, 3.63) is 175 Å².